The standard InChI is InChI=1S/C14H11ClN2O4/c1-16(10-7-5-9(6-8-10)14(18)19)12-4-2-3-11(15)13(12)17(20)21/h2-8H,1H3,(H,18,19). The number of carbonyl (C=O) groups is 1. The summed E-state index contributed by atoms with van der Waals surface area (Å²) in [4.78, 5) is 23.0. The number of nitrogens with zero attached hydrogens (tertiary/aromatic N) is 2. The van der Waals surface area contributed by atoms with Gasteiger partial charge in [0.25, 0.3) is 0 Å². The van der Waals surface area contributed by atoms with E-state index in [9.17, 15) is 14.9 Å². The third-order valence-electron chi connectivity index (χ3n) is 3.01. The summed E-state index contributed by atoms with van der Waals surface area (Å²) >= 11 is 5.88. The normalized spacial score (nSPS) is 10.2. The zero-order valence-electron chi connectivity index (χ0n) is 11.0. The minimum absolute atomic E-state index is 0.0477. The Bertz CT molecular complexity index is 701. The fourth-order valence-corrected chi connectivity index (χ4v) is 2.16. The number of carboxylic acids is 1. The molecule has 0 bridgehead atoms. The Morgan fingerprint density at radius 3 is 2.38 bits per heavy atom. The summed E-state index contributed by atoms with van der Waals surface area (Å²) < 4.78 is 0. The van der Waals surface area contributed by atoms with Gasteiger partial charge >= 0.3 is 11.7 Å². The number of nitro groups is 1. The number of aromatic carboxylic acids is 1. The van der Waals surface area contributed by atoms with Crippen LogP contribution in [-0.2, 0) is 0 Å². The monoisotopic (exact) mass is 306 g/mol. The van der Waals surface area contributed by atoms with Crippen LogP contribution in [0, 0.1) is 10.1 Å². The largest absolute Gasteiger partial charge is 0.478 e. The van der Waals surface area contributed by atoms with Crippen molar-refractivity contribution in [3.8, 4) is 0 Å². The van der Waals surface area contributed by atoms with Gasteiger partial charge in [0.05, 0.1) is 10.5 Å². The number of hydrogen-bond acceptors (Lipinski definition) is 4. The van der Waals surface area contributed by atoms with Crippen molar-refractivity contribution in [2.75, 3.05) is 11.9 Å². The molecule has 0 aliphatic rings. The second-order valence-corrected chi connectivity index (χ2v) is 4.68. The molecule has 0 saturated carbocycles. The van der Waals surface area contributed by atoms with Gasteiger partial charge in [0.15, 0.2) is 0 Å². The van der Waals surface area contributed by atoms with Crippen LogP contribution in [0.2, 0.25) is 5.02 Å². The Labute approximate surface area is 125 Å². The fraction of sp³-hybridized carbons (Fsp3) is 0.0714. The number of carboxylic acid groups (broad SMARTS) is 1. The molecular weight excluding hydrogens is 296 g/mol. The number of rotatable bonds is 4. The molecule has 0 fully saturated rings. The highest BCUT2D eigenvalue weighted by Gasteiger charge is 2.21. The van der Waals surface area contributed by atoms with Gasteiger partial charge in [-0.05, 0) is 36.4 Å². The van der Waals surface area contributed by atoms with E-state index in [4.69, 9.17) is 16.7 Å². The smallest absolute Gasteiger partial charge is 0.335 e. The summed E-state index contributed by atoms with van der Waals surface area (Å²) in [5.41, 5.74) is 0.901. The molecule has 0 heterocycles. The summed E-state index contributed by atoms with van der Waals surface area (Å²) in [5.74, 6) is -1.03. The van der Waals surface area contributed by atoms with Gasteiger partial charge in [-0.25, -0.2) is 4.79 Å². The lowest BCUT2D eigenvalue weighted by molar-refractivity contribution is -0.383. The van der Waals surface area contributed by atoms with E-state index < -0.39 is 10.9 Å². The zero-order chi connectivity index (χ0) is 15.6. The van der Waals surface area contributed by atoms with Crippen molar-refractivity contribution in [3.05, 3.63) is 63.2 Å². The molecule has 2 aromatic carbocycles. The van der Waals surface area contributed by atoms with Crippen LogP contribution in [0.1, 0.15) is 10.4 Å². The highest BCUT2D eigenvalue weighted by molar-refractivity contribution is 6.33. The van der Waals surface area contributed by atoms with Crippen molar-refractivity contribution in [1.29, 1.82) is 0 Å². The maximum absolute atomic E-state index is 11.1. The first-order chi connectivity index (χ1) is 9.91. The summed E-state index contributed by atoms with van der Waals surface area (Å²) in [5, 5.41) is 20.1. The molecule has 0 atom stereocenters. The predicted molar refractivity (Wildman–Crippen MR) is 79.6 cm³/mol. The van der Waals surface area contributed by atoms with Crippen LogP contribution in [-0.4, -0.2) is 23.0 Å². The number of halogens is 1. The van der Waals surface area contributed by atoms with E-state index in [-0.39, 0.29) is 16.3 Å². The molecule has 6 nitrogen and oxygen atoms in total. The molecule has 0 spiro atoms. The maximum Gasteiger partial charge on any atom is 0.335 e. The number of para-hydroxylation sites is 1. The Morgan fingerprint density at radius 2 is 1.86 bits per heavy atom. The van der Waals surface area contributed by atoms with Crippen molar-refractivity contribution >= 4 is 34.6 Å². The van der Waals surface area contributed by atoms with Crippen LogP contribution in [0.15, 0.2) is 42.5 Å². The van der Waals surface area contributed by atoms with Crippen LogP contribution >= 0.6 is 11.6 Å². The Morgan fingerprint density at radius 1 is 1.24 bits per heavy atom. The molecule has 0 unspecified atom stereocenters. The zero-order valence-corrected chi connectivity index (χ0v) is 11.7. The lowest BCUT2D eigenvalue weighted by atomic mass is 10.2. The predicted octanol–water partition coefficient (Wildman–Crippen LogP) is 3.71. The average molecular weight is 307 g/mol. The topological polar surface area (TPSA) is 83.7 Å². The van der Waals surface area contributed by atoms with Crippen molar-refractivity contribution in [2.24, 2.45) is 0 Å². The lowest BCUT2D eigenvalue weighted by Gasteiger charge is -2.19. The van der Waals surface area contributed by atoms with E-state index in [0.29, 0.717) is 11.4 Å². The molecule has 2 rings (SSSR count). The Kier molecular flexibility index (Phi) is 4.09. The average Bonchev–Trinajstić information content (AvgIpc) is 2.46. The molecule has 0 saturated heterocycles. The molecule has 0 aromatic heterocycles. The second kappa shape index (κ2) is 5.80. The number of anilines is 2. The molecule has 0 amide bonds. The lowest BCUT2D eigenvalue weighted by Crippen LogP contribution is -2.12. The van der Waals surface area contributed by atoms with E-state index >= 15 is 0 Å². The molecule has 7 heteroatoms. The summed E-state index contributed by atoms with van der Waals surface area (Å²) in [6.07, 6.45) is 0. The van der Waals surface area contributed by atoms with Crippen LogP contribution in [0.3, 0.4) is 0 Å². The summed E-state index contributed by atoms with van der Waals surface area (Å²) in [7, 11) is 1.65. The number of nitro benzene ring substituents is 1. The first kappa shape index (κ1) is 14.8. The van der Waals surface area contributed by atoms with Crippen molar-refractivity contribution in [3.63, 3.8) is 0 Å². The van der Waals surface area contributed by atoms with Crippen LogP contribution < -0.4 is 4.90 Å². The van der Waals surface area contributed by atoms with Gasteiger partial charge in [-0.15, -0.1) is 0 Å². The Balaban J connectivity index is 2.45. The van der Waals surface area contributed by atoms with E-state index in [0.717, 1.165) is 0 Å². The summed E-state index contributed by atoms with van der Waals surface area (Å²) in [6.45, 7) is 0. The minimum Gasteiger partial charge on any atom is -0.478 e. The highest BCUT2D eigenvalue weighted by Crippen LogP contribution is 2.37. The van der Waals surface area contributed by atoms with E-state index in [1.165, 1.54) is 18.2 Å². The quantitative estimate of drug-likeness (QED) is 0.687. The molecule has 108 valence electrons. The number of benzene rings is 2. The van der Waals surface area contributed by atoms with E-state index in [2.05, 4.69) is 0 Å². The third-order valence-corrected chi connectivity index (χ3v) is 3.32. The molecule has 0 radical (unpaired) electrons. The van der Waals surface area contributed by atoms with Crippen molar-refractivity contribution in [1.82, 2.24) is 0 Å². The fourth-order valence-electron chi connectivity index (χ4n) is 1.92. The third kappa shape index (κ3) is 2.95. The first-order valence-electron chi connectivity index (χ1n) is 5.92. The van der Waals surface area contributed by atoms with Gasteiger partial charge in [-0.3, -0.25) is 10.1 Å². The summed E-state index contributed by atoms with van der Waals surface area (Å²) in [6, 6.07) is 10.7. The van der Waals surface area contributed by atoms with E-state index in [1.54, 1.807) is 36.2 Å². The van der Waals surface area contributed by atoms with Gasteiger partial charge in [-0.2, -0.15) is 0 Å². The molecule has 0 aliphatic carbocycles. The molecule has 1 N–H and O–H groups in total. The van der Waals surface area contributed by atoms with Crippen molar-refractivity contribution in [2.45, 2.75) is 0 Å². The Hall–Kier alpha value is -2.60. The van der Waals surface area contributed by atoms with Gasteiger partial charge in [-0.1, -0.05) is 17.7 Å². The molecule has 0 aliphatic heterocycles. The molecule has 21 heavy (non-hydrogen) atoms. The SMILES string of the molecule is CN(c1ccc(C(=O)O)cc1)c1cccc(Cl)c1[N+](=O)[O-]. The van der Waals surface area contributed by atoms with Crippen molar-refractivity contribution < 1.29 is 14.8 Å². The molecular formula is C14H11ClN2O4. The number of hydrogen-bond donors (Lipinski definition) is 1. The maximum atomic E-state index is 11.1. The minimum atomic E-state index is -1.03. The van der Waals surface area contributed by atoms with Crippen LogP contribution in [0.4, 0.5) is 17.1 Å². The van der Waals surface area contributed by atoms with E-state index in [1.807, 2.05) is 0 Å². The van der Waals surface area contributed by atoms with Gasteiger partial charge in [0.2, 0.25) is 0 Å². The first-order valence-corrected chi connectivity index (χ1v) is 6.29. The highest BCUT2D eigenvalue weighted by atomic mass is 35.5. The van der Waals surface area contributed by atoms with Crippen LogP contribution in [0.5, 0.6) is 0 Å². The second-order valence-electron chi connectivity index (χ2n) is 4.28. The van der Waals surface area contributed by atoms with Gasteiger partial charge in [0.1, 0.15) is 10.7 Å². The van der Waals surface area contributed by atoms with Gasteiger partial charge < -0.3 is 10.0 Å². The molecule has 2 aromatic rings. The van der Waals surface area contributed by atoms with Crippen LogP contribution in [0.25, 0.3) is 0 Å². The van der Waals surface area contributed by atoms with Gasteiger partial charge in [0, 0.05) is 12.7 Å².